The average molecular weight is 136 g/mol. The van der Waals surface area contributed by atoms with E-state index in [2.05, 4.69) is 30.2 Å². The molecule has 0 radical (unpaired) electrons. The second-order valence-corrected chi connectivity index (χ2v) is 2.98. The van der Waals surface area contributed by atoms with Gasteiger partial charge < -0.3 is 0 Å². The van der Waals surface area contributed by atoms with Crippen LogP contribution in [-0.4, -0.2) is 6.54 Å². The van der Waals surface area contributed by atoms with Gasteiger partial charge >= 0.3 is 0 Å². The second-order valence-electron chi connectivity index (χ2n) is 2.98. The standard InChI is InChI=1S/C8H12N2/c1-8(2)4-3-6-9-10-7-5-8/h3-5,7H,6H2,1-2H3/b4-3-,7-5-,10-9?. The minimum atomic E-state index is 0.138. The summed E-state index contributed by atoms with van der Waals surface area (Å²) < 4.78 is 0. The smallest absolute Gasteiger partial charge is 0.0784 e. The minimum Gasteiger partial charge on any atom is -0.185 e. The van der Waals surface area contributed by atoms with Gasteiger partial charge in [-0.1, -0.05) is 32.1 Å². The van der Waals surface area contributed by atoms with E-state index in [4.69, 9.17) is 0 Å². The minimum absolute atomic E-state index is 0.138. The summed E-state index contributed by atoms with van der Waals surface area (Å²) >= 11 is 0. The van der Waals surface area contributed by atoms with Gasteiger partial charge in [0.25, 0.3) is 0 Å². The maximum Gasteiger partial charge on any atom is 0.0784 e. The Morgan fingerprint density at radius 3 is 2.90 bits per heavy atom. The van der Waals surface area contributed by atoms with Crippen molar-refractivity contribution in [2.24, 2.45) is 15.6 Å². The molecule has 10 heavy (non-hydrogen) atoms. The van der Waals surface area contributed by atoms with Gasteiger partial charge in [-0.3, -0.25) is 0 Å². The lowest BCUT2D eigenvalue weighted by Gasteiger charge is -2.13. The van der Waals surface area contributed by atoms with Crippen LogP contribution in [0, 0.1) is 5.41 Å². The molecule has 0 amide bonds. The fourth-order valence-corrected chi connectivity index (χ4v) is 0.779. The van der Waals surface area contributed by atoms with Crippen molar-refractivity contribution in [3.63, 3.8) is 0 Å². The maximum atomic E-state index is 3.85. The summed E-state index contributed by atoms with van der Waals surface area (Å²) in [5, 5.41) is 7.67. The van der Waals surface area contributed by atoms with Gasteiger partial charge in [-0.2, -0.15) is 10.2 Å². The highest BCUT2D eigenvalue weighted by Gasteiger charge is 2.07. The molecule has 0 unspecified atom stereocenters. The highest BCUT2D eigenvalue weighted by Crippen LogP contribution is 2.19. The molecule has 2 heteroatoms. The van der Waals surface area contributed by atoms with Crippen LogP contribution in [0.25, 0.3) is 0 Å². The van der Waals surface area contributed by atoms with E-state index in [1.165, 1.54) is 0 Å². The van der Waals surface area contributed by atoms with Crippen molar-refractivity contribution in [2.75, 3.05) is 6.54 Å². The van der Waals surface area contributed by atoms with Crippen LogP contribution in [0.5, 0.6) is 0 Å². The fourth-order valence-electron chi connectivity index (χ4n) is 0.779. The van der Waals surface area contributed by atoms with Gasteiger partial charge in [0.2, 0.25) is 0 Å². The Labute approximate surface area is 61.4 Å². The Balaban J connectivity index is 2.78. The highest BCUT2D eigenvalue weighted by atomic mass is 15.1. The molecular weight excluding hydrogens is 124 g/mol. The lowest BCUT2D eigenvalue weighted by Crippen LogP contribution is -2.02. The predicted molar refractivity (Wildman–Crippen MR) is 41.8 cm³/mol. The van der Waals surface area contributed by atoms with Gasteiger partial charge in [0.05, 0.1) is 6.54 Å². The monoisotopic (exact) mass is 136 g/mol. The molecule has 0 aromatic carbocycles. The van der Waals surface area contributed by atoms with E-state index < -0.39 is 0 Å². The fraction of sp³-hybridized carbons (Fsp3) is 0.500. The molecule has 0 aliphatic carbocycles. The summed E-state index contributed by atoms with van der Waals surface area (Å²) in [6.45, 7) is 4.98. The number of hydrogen-bond acceptors (Lipinski definition) is 2. The van der Waals surface area contributed by atoms with Crippen LogP contribution in [0.2, 0.25) is 0 Å². The van der Waals surface area contributed by atoms with Crippen molar-refractivity contribution >= 4 is 0 Å². The van der Waals surface area contributed by atoms with Crippen LogP contribution >= 0.6 is 0 Å². The lowest BCUT2D eigenvalue weighted by molar-refractivity contribution is 0.619. The molecule has 1 rings (SSSR count). The molecule has 0 atom stereocenters. The molecule has 0 aromatic rings. The topological polar surface area (TPSA) is 24.7 Å². The van der Waals surface area contributed by atoms with E-state index in [-0.39, 0.29) is 5.41 Å². The lowest BCUT2D eigenvalue weighted by atomic mass is 9.93. The van der Waals surface area contributed by atoms with Crippen molar-refractivity contribution < 1.29 is 0 Å². The third kappa shape index (κ3) is 2.13. The molecule has 1 heterocycles. The van der Waals surface area contributed by atoms with Crippen molar-refractivity contribution in [3.8, 4) is 0 Å². The molecular formula is C8H12N2. The van der Waals surface area contributed by atoms with E-state index in [1.54, 1.807) is 6.20 Å². The van der Waals surface area contributed by atoms with Crippen molar-refractivity contribution in [1.82, 2.24) is 0 Å². The molecule has 1 aliphatic rings. The van der Waals surface area contributed by atoms with E-state index in [9.17, 15) is 0 Å². The zero-order chi connectivity index (χ0) is 7.45. The molecule has 0 saturated carbocycles. The quantitative estimate of drug-likeness (QED) is 0.457. The Morgan fingerprint density at radius 2 is 2.10 bits per heavy atom. The first-order valence-corrected chi connectivity index (χ1v) is 3.43. The van der Waals surface area contributed by atoms with Gasteiger partial charge in [0.15, 0.2) is 0 Å². The summed E-state index contributed by atoms with van der Waals surface area (Å²) in [5.41, 5.74) is 0.138. The van der Waals surface area contributed by atoms with Crippen LogP contribution in [0.1, 0.15) is 13.8 Å². The zero-order valence-corrected chi connectivity index (χ0v) is 6.41. The first kappa shape index (κ1) is 7.19. The van der Waals surface area contributed by atoms with Gasteiger partial charge in [-0.05, 0) is 0 Å². The summed E-state index contributed by atoms with van der Waals surface area (Å²) in [5.74, 6) is 0. The molecule has 2 nitrogen and oxygen atoms in total. The molecule has 0 bridgehead atoms. The van der Waals surface area contributed by atoms with Gasteiger partial charge in [0.1, 0.15) is 0 Å². The first-order valence-electron chi connectivity index (χ1n) is 3.43. The van der Waals surface area contributed by atoms with E-state index >= 15 is 0 Å². The Hall–Kier alpha value is -0.920. The van der Waals surface area contributed by atoms with Crippen LogP contribution in [0.15, 0.2) is 34.7 Å². The predicted octanol–water partition coefficient (Wildman–Crippen LogP) is 2.55. The van der Waals surface area contributed by atoms with E-state index in [1.807, 2.05) is 12.2 Å². The van der Waals surface area contributed by atoms with Gasteiger partial charge in [0, 0.05) is 11.6 Å². The molecule has 0 spiro atoms. The molecule has 54 valence electrons. The van der Waals surface area contributed by atoms with Gasteiger partial charge in [-0.15, -0.1) is 0 Å². The number of nitrogens with zero attached hydrogens (tertiary/aromatic N) is 2. The summed E-state index contributed by atoms with van der Waals surface area (Å²) in [4.78, 5) is 0. The third-order valence-electron chi connectivity index (χ3n) is 1.39. The van der Waals surface area contributed by atoms with Crippen LogP contribution in [-0.2, 0) is 0 Å². The number of hydrogen-bond donors (Lipinski definition) is 0. The summed E-state index contributed by atoms with van der Waals surface area (Å²) in [6, 6.07) is 0. The average Bonchev–Trinajstić information content (AvgIpc) is 1.81. The van der Waals surface area contributed by atoms with Gasteiger partial charge in [-0.25, -0.2) is 0 Å². The van der Waals surface area contributed by atoms with Crippen LogP contribution in [0.3, 0.4) is 0 Å². The van der Waals surface area contributed by atoms with Crippen molar-refractivity contribution in [2.45, 2.75) is 13.8 Å². The first-order chi connectivity index (χ1) is 4.71. The number of azo groups is 1. The molecule has 0 N–H and O–H groups in total. The molecule has 0 fully saturated rings. The normalized spacial score (nSPS) is 28.6. The summed E-state index contributed by atoms with van der Waals surface area (Å²) in [7, 11) is 0. The van der Waals surface area contributed by atoms with Crippen molar-refractivity contribution in [1.29, 1.82) is 0 Å². The maximum absolute atomic E-state index is 3.85. The van der Waals surface area contributed by atoms with Crippen LogP contribution < -0.4 is 0 Å². The van der Waals surface area contributed by atoms with E-state index in [0.717, 1.165) is 0 Å². The Bertz CT molecular complexity index is 187. The molecule has 0 saturated heterocycles. The SMILES string of the molecule is CC1(C)/C=C\CN=N/C=C\1. The molecule has 0 aromatic heterocycles. The van der Waals surface area contributed by atoms with Crippen molar-refractivity contribution in [3.05, 3.63) is 24.4 Å². The largest absolute Gasteiger partial charge is 0.185 e. The zero-order valence-electron chi connectivity index (χ0n) is 6.41. The number of rotatable bonds is 0. The highest BCUT2D eigenvalue weighted by molar-refractivity contribution is 5.08. The van der Waals surface area contributed by atoms with E-state index in [0.29, 0.717) is 6.54 Å². The second kappa shape index (κ2) is 2.78. The number of allylic oxidation sites excluding steroid dienone is 2. The van der Waals surface area contributed by atoms with Crippen LogP contribution in [0.4, 0.5) is 0 Å². The third-order valence-corrected chi connectivity index (χ3v) is 1.39. The Morgan fingerprint density at radius 1 is 1.30 bits per heavy atom. The molecule has 1 aliphatic heterocycles. The summed E-state index contributed by atoms with van der Waals surface area (Å²) in [6.07, 6.45) is 7.96. The Kier molecular flexibility index (Phi) is 2.00.